The zero-order chi connectivity index (χ0) is 13.2. The van der Waals surface area contributed by atoms with Crippen LogP contribution in [-0.4, -0.2) is 25.2 Å². The lowest BCUT2D eigenvalue weighted by atomic mass is 9.80. The van der Waals surface area contributed by atoms with Crippen LogP contribution in [0.4, 0.5) is 5.69 Å². The fraction of sp³-hybridized carbons (Fsp3) is 0.462. The molecule has 18 heavy (non-hydrogen) atoms. The number of halogens is 1. The third-order valence-corrected chi connectivity index (χ3v) is 3.76. The number of nitrogens with two attached hydrogens (primary N) is 1. The summed E-state index contributed by atoms with van der Waals surface area (Å²) in [7, 11) is 1.68. The maximum Gasteiger partial charge on any atom is 0.253 e. The van der Waals surface area contributed by atoms with E-state index in [1.54, 1.807) is 25.3 Å². The van der Waals surface area contributed by atoms with Crippen molar-refractivity contribution in [1.29, 1.82) is 0 Å². The van der Waals surface area contributed by atoms with Crippen LogP contribution in [0.1, 0.15) is 29.6 Å². The molecule has 1 aliphatic carbocycles. The molecule has 0 aromatic heterocycles. The van der Waals surface area contributed by atoms with E-state index in [1.807, 2.05) is 0 Å². The SMILES string of the molecule is COC1(CNC(=O)c2ccc(Cl)cc2N)CCC1. The molecule has 0 bridgehead atoms. The minimum absolute atomic E-state index is 0.184. The number of methoxy groups -OCH3 is 1. The van der Waals surface area contributed by atoms with E-state index in [0.717, 1.165) is 19.3 Å². The van der Waals surface area contributed by atoms with Crippen molar-refractivity contribution in [3.63, 3.8) is 0 Å². The monoisotopic (exact) mass is 268 g/mol. The van der Waals surface area contributed by atoms with Gasteiger partial charge in [0.2, 0.25) is 0 Å². The number of ether oxygens (including phenoxy) is 1. The molecule has 5 heteroatoms. The van der Waals surface area contributed by atoms with Crippen LogP contribution in [-0.2, 0) is 4.74 Å². The van der Waals surface area contributed by atoms with E-state index < -0.39 is 0 Å². The highest BCUT2D eigenvalue weighted by Crippen LogP contribution is 2.34. The Bertz CT molecular complexity index is 453. The summed E-state index contributed by atoms with van der Waals surface area (Å²) in [5.41, 5.74) is 6.42. The summed E-state index contributed by atoms with van der Waals surface area (Å²) >= 11 is 5.79. The number of hydrogen-bond donors (Lipinski definition) is 2. The Hall–Kier alpha value is -1.26. The molecule has 1 aromatic carbocycles. The van der Waals surface area contributed by atoms with Crippen LogP contribution in [0, 0.1) is 0 Å². The Morgan fingerprint density at radius 3 is 2.78 bits per heavy atom. The number of rotatable bonds is 4. The number of carbonyl (C=O) groups excluding carboxylic acids is 1. The molecule has 0 aliphatic heterocycles. The van der Waals surface area contributed by atoms with E-state index >= 15 is 0 Å². The summed E-state index contributed by atoms with van der Waals surface area (Å²) in [6.07, 6.45) is 3.12. The Kier molecular flexibility index (Phi) is 3.78. The highest BCUT2D eigenvalue weighted by molar-refractivity contribution is 6.31. The molecule has 0 spiro atoms. The molecule has 0 radical (unpaired) electrons. The van der Waals surface area contributed by atoms with Gasteiger partial charge in [-0.15, -0.1) is 0 Å². The van der Waals surface area contributed by atoms with Gasteiger partial charge in [-0.1, -0.05) is 11.6 Å². The van der Waals surface area contributed by atoms with Crippen molar-refractivity contribution in [2.45, 2.75) is 24.9 Å². The quantitative estimate of drug-likeness (QED) is 0.823. The number of amides is 1. The van der Waals surface area contributed by atoms with E-state index in [0.29, 0.717) is 22.8 Å². The Labute approximate surface area is 111 Å². The van der Waals surface area contributed by atoms with E-state index in [-0.39, 0.29) is 11.5 Å². The lowest BCUT2D eigenvalue weighted by Crippen LogP contribution is -2.49. The van der Waals surface area contributed by atoms with Crippen molar-refractivity contribution in [1.82, 2.24) is 5.32 Å². The molecule has 0 atom stereocenters. The maximum atomic E-state index is 12.0. The molecule has 1 fully saturated rings. The summed E-state index contributed by atoms with van der Waals surface area (Å²) in [4.78, 5) is 12.0. The summed E-state index contributed by atoms with van der Waals surface area (Å²) in [5.74, 6) is -0.188. The normalized spacial score (nSPS) is 17.0. The van der Waals surface area contributed by atoms with Crippen LogP contribution in [0.2, 0.25) is 5.02 Å². The first-order chi connectivity index (χ1) is 8.56. The van der Waals surface area contributed by atoms with Gasteiger partial charge in [0.25, 0.3) is 5.91 Å². The first-order valence-electron chi connectivity index (χ1n) is 5.95. The highest BCUT2D eigenvalue weighted by Gasteiger charge is 2.37. The fourth-order valence-corrected chi connectivity index (χ4v) is 2.28. The number of nitrogen functional groups attached to an aromatic ring is 1. The number of hydrogen-bond acceptors (Lipinski definition) is 3. The van der Waals surface area contributed by atoms with Gasteiger partial charge in [0, 0.05) is 24.4 Å². The van der Waals surface area contributed by atoms with Gasteiger partial charge in [-0.2, -0.15) is 0 Å². The van der Waals surface area contributed by atoms with Crippen LogP contribution in [0.15, 0.2) is 18.2 Å². The van der Waals surface area contributed by atoms with Gasteiger partial charge in [0.05, 0.1) is 11.2 Å². The van der Waals surface area contributed by atoms with Crippen molar-refractivity contribution < 1.29 is 9.53 Å². The zero-order valence-electron chi connectivity index (χ0n) is 10.3. The predicted octanol–water partition coefficient (Wildman–Crippen LogP) is 2.22. The third-order valence-electron chi connectivity index (χ3n) is 3.53. The molecule has 4 nitrogen and oxygen atoms in total. The predicted molar refractivity (Wildman–Crippen MR) is 71.8 cm³/mol. The lowest BCUT2D eigenvalue weighted by molar-refractivity contribution is -0.0679. The van der Waals surface area contributed by atoms with Gasteiger partial charge in [0.1, 0.15) is 0 Å². The topological polar surface area (TPSA) is 64.3 Å². The second-order valence-corrected chi connectivity index (χ2v) is 5.09. The molecule has 98 valence electrons. The molecule has 1 amide bonds. The molecule has 1 aliphatic rings. The first-order valence-corrected chi connectivity index (χ1v) is 6.32. The summed E-state index contributed by atoms with van der Waals surface area (Å²) in [6, 6.07) is 4.86. The first kappa shape index (κ1) is 13.2. The summed E-state index contributed by atoms with van der Waals surface area (Å²) in [5, 5.41) is 3.39. The largest absolute Gasteiger partial charge is 0.398 e. The average Bonchev–Trinajstić information content (AvgIpc) is 2.27. The van der Waals surface area contributed by atoms with Crippen LogP contribution < -0.4 is 11.1 Å². The minimum atomic E-state index is -0.188. The second kappa shape index (κ2) is 5.16. The molecular formula is C13H17ClN2O2. The number of carbonyl (C=O) groups is 1. The molecule has 2 rings (SSSR count). The third kappa shape index (κ3) is 2.60. The molecule has 0 heterocycles. The molecule has 0 unspecified atom stereocenters. The highest BCUT2D eigenvalue weighted by atomic mass is 35.5. The van der Waals surface area contributed by atoms with Crippen LogP contribution in [0.25, 0.3) is 0 Å². The van der Waals surface area contributed by atoms with Crippen molar-refractivity contribution in [3.8, 4) is 0 Å². The van der Waals surface area contributed by atoms with Gasteiger partial charge in [-0.3, -0.25) is 4.79 Å². The Balaban J connectivity index is 1.99. The van der Waals surface area contributed by atoms with Gasteiger partial charge in [-0.05, 0) is 37.5 Å². The number of anilines is 1. The molecule has 3 N–H and O–H groups in total. The van der Waals surface area contributed by atoms with Crippen molar-refractivity contribution >= 4 is 23.2 Å². The summed E-state index contributed by atoms with van der Waals surface area (Å²) < 4.78 is 5.44. The lowest BCUT2D eigenvalue weighted by Gasteiger charge is -2.40. The van der Waals surface area contributed by atoms with Gasteiger partial charge >= 0.3 is 0 Å². The Morgan fingerprint density at radius 2 is 2.28 bits per heavy atom. The minimum Gasteiger partial charge on any atom is -0.398 e. The van der Waals surface area contributed by atoms with Gasteiger partial charge in [-0.25, -0.2) is 0 Å². The fourth-order valence-electron chi connectivity index (χ4n) is 2.10. The average molecular weight is 269 g/mol. The molecular weight excluding hydrogens is 252 g/mol. The van der Waals surface area contributed by atoms with Crippen LogP contribution in [0.5, 0.6) is 0 Å². The maximum absolute atomic E-state index is 12.0. The van der Waals surface area contributed by atoms with E-state index in [1.165, 1.54) is 0 Å². The van der Waals surface area contributed by atoms with E-state index in [2.05, 4.69) is 5.32 Å². The van der Waals surface area contributed by atoms with E-state index in [4.69, 9.17) is 22.1 Å². The standard InChI is InChI=1S/C13H17ClN2O2/c1-18-13(5-2-6-13)8-16-12(17)10-4-3-9(14)7-11(10)15/h3-4,7H,2,5-6,8,15H2,1H3,(H,16,17). The smallest absolute Gasteiger partial charge is 0.253 e. The van der Waals surface area contributed by atoms with Crippen LogP contribution in [0.3, 0.4) is 0 Å². The summed E-state index contributed by atoms with van der Waals surface area (Å²) in [6.45, 7) is 0.518. The van der Waals surface area contributed by atoms with Crippen molar-refractivity contribution in [2.24, 2.45) is 0 Å². The zero-order valence-corrected chi connectivity index (χ0v) is 11.1. The van der Waals surface area contributed by atoms with Crippen LogP contribution >= 0.6 is 11.6 Å². The molecule has 0 saturated heterocycles. The van der Waals surface area contributed by atoms with Gasteiger partial charge < -0.3 is 15.8 Å². The molecule has 1 saturated carbocycles. The number of nitrogens with one attached hydrogen (secondary N) is 1. The van der Waals surface area contributed by atoms with Gasteiger partial charge in [0.15, 0.2) is 0 Å². The van der Waals surface area contributed by atoms with Crippen molar-refractivity contribution in [3.05, 3.63) is 28.8 Å². The number of benzene rings is 1. The van der Waals surface area contributed by atoms with Crippen molar-refractivity contribution in [2.75, 3.05) is 19.4 Å². The second-order valence-electron chi connectivity index (χ2n) is 4.65. The molecule has 1 aromatic rings. The Morgan fingerprint density at radius 1 is 1.56 bits per heavy atom. The van der Waals surface area contributed by atoms with E-state index in [9.17, 15) is 4.79 Å².